The fraction of sp³-hybridized carbons (Fsp3) is 0. The van der Waals surface area contributed by atoms with Crippen LogP contribution < -0.4 is 23.1 Å². The van der Waals surface area contributed by atoms with Crippen LogP contribution in [0.15, 0.2) is 65.5 Å². The first-order chi connectivity index (χ1) is 10.5. The SMILES string of the molecule is [O-][Cl+3]([O-])([O-])O[n+]1ccc(-c2ncc(-c3ccccc3)o2)cc1. The smallest absolute Gasteiger partial charge is 0.238 e. The summed E-state index contributed by atoms with van der Waals surface area (Å²) in [5.41, 5.74) is 1.51. The number of halogens is 1. The summed E-state index contributed by atoms with van der Waals surface area (Å²) in [5, 5.41) is 0. The van der Waals surface area contributed by atoms with E-state index in [-0.39, 0.29) is 0 Å². The molecule has 0 fully saturated rings. The summed E-state index contributed by atoms with van der Waals surface area (Å²) in [5.74, 6) is 0.984. The van der Waals surface area contributed by atoms with E-state index in [2.05, 4.69) is 9.37 Å². The lowest BCUT2D eigenvalue weighted by Gasteiger charge is -2.04. The Morgan fingerprint density at radius 3 is 2.27 bits per heavy atom. The normalized spacial score (nSPS) is 11.4. The number of nitrogens with zero attached hydrogens (tertiary/aromatic N) is 2. The van der Waals surface area contributed by atoms with Gasteiger partial charge in [-0.15, -0.1) is 0 Å². The second-order valence-electron chi connectivity index (χ2n) is 4.29. The van der Waals surface area contributed by atoms with Gasteiger partial charge in [-0.25, -0.2) is 4.98 Å². The molecule has 2 heterocycles. The quantitative estimate of drug-likeness (QED) is 0.548. The van der Waals surface area contributed by atoms with Gasteiger partial charge in [0, 0.05) is 23.3 Å². The molecule has 7 nitrogen and oxygen atoms in total. The number of oxazole rings is 1. The maximum atomic E-state index is 10.5. The Labute approximate surface area is 127 Å². The predicted molar refractivity (Wildman–Crippen MR) is 64.2 cm³/mol. The van der Waals surface area contributed by atoms with Gasteiger partial charge in [0.05, 0.1) is 6.20 Å². The van der Waals surface area contributed by atoms with Crippen LogP contribution in [0.25, 0.3) is 22.8 Å². The lowest BCUT2D eigenvalue weighted by atomic mass is 10.2. The van der Waals surface area contributed by atoms with E-state index in [0.717, 1.165) is 10.3 Å². The molecule has 3 aromatic rings. The Hall–Kier alpha value is -2.45. The lowest BCUT2D eigenvalue weighted by Crippen LogP contribution is -2.71. The molecular formula is C14H10ClN2O5+. The van der Waals surface area contributed by atoms with Crippen molar-refractivity contribution in [1.29, 1.82) is 0 Å². The lowest BCUT2D eigenvalue weighted by molar-refractivity contribution is -1.94. The molecule has 3 rings (SSSR count). The summed E-state index contributed by atoms with van der Waals surface area (Å²) in [6.07, 6.45) is 4.14. The van der Waals surface area contributed by atoms with Gasteiger partial charge in [0.1, 0.15) is 4.73 Å². The van der Waals surface area contributed by atoms with Crippen LogP contribution in [0.4, 0.5) is 0 Å². The molecule has 0 radical (unpaired) electrons. The number of hydrogen-bond acceptors (Lipinski definition) is 6. The Kier molecular flexibility index (Phi) is 3.78. The molecule has 0 unspecified atom stereocenters. The number of pyridine rings is 1. The first kappa shape index (κ1) is 14.5. The number of rotatable bonds is 4. The minimum Gasteiger partial charge on any atom is -0.436 e. The van der Waals surface area contributed by atoms with E-state index >= 15 is 0 Å². The molecule has 0 N–H and O–H groups in total. The van der Waals surface area contributed by atoms with Gasteiger partial charge in [0.25, 0.3) is 0 Å². The van der Waals surface area contributed by atoms with Crippen LogP contribution in [-0.4, -0.2) is 4.98 Å². The highest BCUT2D eigenvalue weighted by Gasteiger charge is 2.26. The van der Waals surface area contributed by atoms with Crippen LogP contribution in [0.3, 0.4) is 0 Å². The molecule has 0 bridgehead atoms. The van der Waals surface area contributed by atoms with Gasteiger partial charge in [-0.2, -0.15) is 14.0 Å². The maximum Gasteiger partial charge on any atom is 0.238 e. The molecule has 1 aromatic carbocycles. The fourth-order valence-corrected chi connectivity index (χ4v) is 2.13. The van der Waals surface area contributed by atoms with Crippen molar-refractivity contribution in [3.05, 3.63) is 61.1 Å². The van der Waals surface area contributed by atoms with Crippen LogP contribution in [0.2, 0.25) is 0 Å². The molecule has 0 amide bonds. The molecule has 0 spiro atoms. The van der Waals surface area contributed by atoms with Gasteiger partial charge in [-0.1, -0.05) is 30.3 Å². The zero-order valence-corrected chi connectivity index (χ0v) is 11.8. The summed E-state index contributed by atoms with van der Waals surface area (Å²) in [7, 11) is -4.54. The third-order valence-corrected chi connectivity index (χ3v) is 3.11. The van der Waals surface area contributed by atoms with E-state index in [1.165, 1.54) is 24.5 Å². The highest BCUT2D eigenvalue weighted by molar-refractivity contribution is 5.60. The zero-order valence-electron chi connectivity index (χ0n) is 11.1. The standard InChI is InChI=1S/C14H10ClN2O5/c18-15(19,20)22-17-8-6-12(7-9-17)14-16-10-13(21-14)11-4-2-1-3-5-11/h1-10H/q+1. The predicted octanol–water partition coefficient (Wildman–Crippen LogP) is -1.38. The Morgan fingerprint density at radius 1 is 0.955 bits per heavy atom. The third-order valence-electron chi connectivity index (χ3n) is 2.78. The zero-order chi connectivity index (χ0) is 15.6. The number of aromatic nitrogens is 2. The van der Waals surface area contributed by atoms with Crippen LogP contribution in [-0.2, 0) is 0 Å². The largest absolute Gasteiger partial charge is 0.436 e. The van der Waals surface area contributed by atoms with Gasteiger partial charge >= 0.3 is 0 Å². The van der Waals surface area contributed by atoms with Crippen molar-refractivity contribution in [1.82, 2.24) is 4.98 Å². The summed E-state index contributed by atoms with van der Waals surface area (Å²) in [6, 6.07) is 12.5. The van der Waals surface area contributed by atoms with E-state index in [4.69, 9.17) is 4.42 Å². The molecular weight excluding hydrogens is 312 g/mol. The molecule has 22 heavy (non-hydrogen) atoms. The van der Waals surface area contributed by atoms with Crippen LogP contribution in [0.5, 0.6) is 0 Å². The second kappa shape index (κ2) is 5.74. The van der Waals surface area contributed by atoms with Crippen LogP contribution in [0.1, 0.15) is 0 Å². The molecule has 2 aromatic heterocycles. The first-order valence-electron chi connectivity index (χ1n) is 6.15. The van der Waals surface area contributed by atoms with Crippen LogP contribution >= 0.6 is 0 Å². The van der Waals surface area contributed by atoms with Gasteiger partial charge in [0.2, 0.25) is 28.5 Å². The van der Waals surface area contributed by atoms with E-state index in [1.54, 1.807) is 6.20 Å². The number of hydrogen-bond donors (Lipinski definition) is 0. The molecule has 0 saturated heterocycles. The Balaban J connectivity index is 1.82. The average molecular weight is 322 g/mol. The van der Waals surface area contributed by atoms with Gasteiger partial charge in [-0.3, -0.25) is 0 Å². The summed E-state index contributed by atoms with van der Waals surface area (Å²) in [6.45, 7) is 0. The fourth-order valence-electron chi connectivity index (χ4n) is 1.84. The van der Waals surface area contributed by atoms with Crippen molar-refractivity contribution < 1.29 is 37.8 Å². The van der Waals surface area contributed by atoms with Crippen molar-refractivity contribution >= 4 is 0 Å². The highest BCUT2D eigenvalue weighted by Crippen LogP contribution is 2.24. The first-order valence-corrected chi connectivity index (χ1v) is 7.38. The van der Waals surface area contributed by atoms with Crippen molar-refractivity contribution in [2.45, 2.75) is 0 Å². The van der Waals surface area contributed by atoms with Crippen molar-refractivity contribution in [2.24, 2.45) is 0 Å². The Morgan fingerprint density at radius 2 is 1.64 bits per heavy atom. The minimum absolute atomic E-state index is 0.369. The summed E-state index contributed by atoms with van der Waals surface area (Å²) in [4.78, 5) is 4.17. The van der Waals surface area contributed by atoms with E-state index < -0.39 is 10.2 Å². The molecule has 0 atom stereocenters. The summed E-state index contributed by atoms with van der Waals surface area (Å²) >= 11 is 0. The highest BCUT2D eigenvalue weighted by atomic mass is 35.7. The van der Waals surface area contributed by atoms with Crippen LogP contribution in [0, 0.1) is 10.2 Å². The van der Waals surface area contributed by atoms with Crippen molar-refractivity contribution in [2.75, 3.05) is 0 Å². The average Bonchev–Trinajstić information content (AvgIpc) is 2.97. The topological polar surface area (TPSA) is 108 Å². The molecule has 0 aliphatic heterocycles. The maximum absolute atomic E-state index is 10.5. The molecule has 8 heteroatoms. The summed E-state index contributed by atoms with van der Waals surface area (Å²) < 4.78 is 41.9. The minimum atomic E-state index is -4.54. The van der Waals surface area contributed by atoms with E-state index in [1.807, 2.05) is 30.3 Å². The van der Waals surface area contributed by atoms with E-state index in [0.29, 0.717) is 17.2 Å². The monoisotopic (exact) mass is 321 g/mol. The number of benzene rings is 1. The van der Waals surface area contributed by atoms with E-state index in [9.17, 15) is 14.0 Å². The van der Waals surface area contributed by atoms with Gasteiger partial charge < -0.3 is 4.42 Å². The molecule has 0 saturated carbocycles. The Bertz CT molecular complexity index is 753. The van der Waals surface area contributed by atoms with Crippen molar-refractivity contribution in [3.8, 4) is 22.8 Å². The molecule has 0 aliphatic rings. The van der Waals surface area contributed by atoms with Gasteiger partial charge in [0.15, 0.2) is 10.2 Å². The molecule has 112 valence electrons. The molecule has 0 aliphatic carbocycles. The third kappa shape index (κ3) is 3.41. The van der Waals surface area contributed by atoms with Crippen molar-refractivity contribution in [3.63, 3.8) is 0 Å². The van der Waals surface area contributed by atoms with Gasteiger partial charge in [-0.05, 0) is 0 Å². The second-order valence-corrected chi connectivity index (χ2v) is 5.18.